The highest BCUT2D eigenvalue weighted by molar-refractivity contribution is 8.00. The van der Waals surface area contributed by atoms with E-state index in [2.05, 4.69) is 22.8 Å². The van der Waals surface area contributed by atoms with Gasteiger partial charge < -0.3 is 15.1 Å². The molecule has 6 nitrogen and oxygen atoms in total. The molecular formula is C30H25N3O3S2. The number of anilines is 2. The van der Waals surface area contributed by atoms with E-state index >= 15 is 0 Å². The Bertz CT molecular complexity index is 1550. The Morgan fingerprint density at radius 1 is 0.895 bits per heavy atom. The lowest BCUT2D eigenvalue weighted by Crippen LogP contribution is -2.19. The average Bonchev–Trinajstić information content (AvgIpc) is 3.59. The molecule has 2 N–H and O–H groups in total. The summed E-state index contributed by atoms with van der Waals surface area (Å²) in [5.41, 5.74) is 4.55. The molecule has 0 bridgehead atoms. The van der Waals surface area contributed by atoms with Crippen LogP contribution in [0.4, 0.5) is 10.8 Å². The summed E-state index contributed by atoms with van der Waals surface area (Å²) in [5, 5.41) is 5.90. The lowest BCUT2D eigenvalue weighted by molar-refractivity contribution is -0.115. The lowest BCUT2D eigenvalue weighted by Gasteiger charge is -2.17. The van der Waals surface area contributed by atoms with Gasteiger partial charge in [-0.2, -0.15) is 0 Å². The predicted octanol–water partition coefficient (Wildman–Crippen LogP) is 7.74. The molecule has 0 spiro atoms. The minimum atomic E-state index is -0.528. The van der Waals surface area contributed by atoms with E-state index < -0.39 is 5.25 Å². The number of aromatic nitrogens is 1. The molecule has 0 saturated heterocycles. The molecule has 0 aliphatic rings. The fourth-order valence-corrected chi connectivity index (χ4v) is 5.81. The Labute approximate surface area is 229 Å². The number of aryl methyl sites for hydroxylation is 2. The van der Waals surface area contributed by atoms with Crippen LogP contribution in [-0.2, 0) is 4.79 Å². The summed E-state index contributed by atoms with van der Waals surface area (Å²) < 4.78 is 5.18. The van der Waals surface area contributed by atoms with E-state index in [1.807, 2.05) is 74.5 Å². The molecule has 0 radical (unpaired) electrons. The second-order valence-electron chi connectivity index (χ2n) is 8.65. The van der Waals surface area contributed by atoms with E-state index in [0.29, 0.717) is 10.8 Å². The molecule has 190 valence electrons. The Morgan fingerprint density at radius 3 is 2.42 bits per heavy atom. The number of rotatable bonds is 8. The molecule has 2 amide bonds. The fraction of sp³-hybridized carbons (Fsp3) is 0.100. The zero-order valence-corrected chi connectivity index (χ0v) is 22.4. The molecule has 1 unspecified atom stereocenters. The molecule has 38 heavy (non-hydrogen) atoms. The van der Waals surface area contributed by atoms with Crippen molar-refractivity contribution in [3.8, 4) is 11.3 Å². The van der Waals surface area contributed by atoms with Crippen LogP contribution in [-0.4, -0.2) is 16.8 Å². The van der Waals surface area contributed by atoms with E-state index in [1.54, 1.807) is 18.2 Å². The zero-order chi connectivity index (χ0) is 26.5. The lowest BCUT2D eigenvalue weighted by atomic mass is 10.1. The average molecular weight is 540 g/mol. The number of carbonyl (C=O) groups excluding carboxylic acids is 2. The molecule has 1 atom stereocenters. The normalized spacial score (nSPS) is 11.6. The smallest absolute Gasteiger partial charge is 0.291 e. The monoisotopic (exact) mass is 539 g/mol. The maximum atomic E-state index is 13.6. The molecule has 3 aromatic carbocycles. The van der Waals surface area contributed by atoms with Gasteiger partial charge >= 0.3 is 0 Å². The SMILES string of the molecule is Cc1ccc(-c2nc(NC(=O)C(Sc3cccc(NC(=O)c4ccco4)c3)c3ccccc3)sc2C)cc1. The van der Waals surface area contributed by atoms with E-state index in [9.17, 15) is 9.59 Å². The molecule has 0 saturated carbocycles. The molecule has 5 rings (SSSR count). The van der Waals surface area contributed by atoms with Crippen molar-refractivity contribution in [2.24, 2.45) is 0 Å². The minimum Gasteiger partial charge on any atom is -0.459 e. The maximum Gasteiger partial charge on any atom is 0.291 e. The quantitative estimate of drug-likeness (QED) is 0.197. The summed E-state index contributed by atoms with van der Waals surface area (Å²) in [6, 6.07) is 28.5. The van der Waals surface area contributed by atoms with Gasteiger partial charge in [0.1, 0.15) is 5.25 Å². The second-order valence-corrected chi connectivity index (χ2v) is 11.0. The summed E-state index contributed by atoms with van der Waals surface area (Å²) in [6.45, 7) is 4.06. The molecule has 0 fully saturated rings. The van der Waals surface area contributed by atoms with Crippen LogP contribution in [0.25, 0.3) is 11.3 Å². The minimum absolute atomic E-state index is 0.171. The number of benzene rings is 3. The Balaban J connectivity index is 1.36. The van der Waals surface area contributed by atoms with Crippen LogP contribution >= 0.6 is 23.1 Å². The van der Waals surface area contributed by atoms with Crippen LogP contribution in [0.1, 0.15) is 31.8 Å². The third-order valence-corrected chi connectivity index (χ3v) is 7.92. The van der Waals surface area contributed by atoms with E-state index in [1.165, 1.54) is 34.9 Å². The van der Waals surface area contributed by atoms with Crippen molar-refractivity contribution in [3.05, 3.63) is 119 Å². The van der Waals surface area contributed by atoms with Crippen molar-refractivity contribution >= 4 is 45.7 Å². The second kappa shape index (κ2) is 11.5. The Morgan fingerprint density at radius 2 is 1.68 bits per heavy atom. The summed E-state index contributed by atoms with van der Waals surface area (Å²) in [6.07, 6.45) is 1.46. The number of thiazole rings is 1. The molecule has 2 heterocycles. The van der Waals surface area contributed by atoms with Crippen LogP contribution < -0.4 is 10.6 Å². The fourth-order valence-electron chi connectivity index (χ4n) is 3.88. The number of hydrogen-bond acceptors (Lipinski definition) is 6. The van der Waals surface area contributed by atoms with Crippen LogP contribution in [0.3, 0.4) is 0 Å². The summed E-state index contributed by atoms with van der Waals surface area (Å²) in [5.74, 6) is -0.276. The third kappa shape index (κ3) is 6.04. The van der Waals surface area contributed by atoms with Gasteiger partial charge in [0, 0.05) is 21.0 Å². The first kappa shape index (κ1) is 25.5. The third-order valence-electron chi connectivity index (χ3n) is 5.78. The van der Waals surface area contributed by atoms with Gasteiger partial charge in [-0.1, -0.05) is 66.2 Å². The molecule has 2 aromatic heterocycles. The summed E-state index contributed by atoms with van der Waals surface area (Å²) in [4.78, 5) is 32.6. The topological polar surface area (TPSA) is 84.2 Å². The number of nitrogens with one attached hydrogen (secondary N) is 2. The number of thioether (sulfide) groups is 1. The Kier molecular flexibility index (Phi) is 7.72. The van der Waals surface area contributed by atoms with Gasteiger partial charge in [-0.05, 0) is 49.7 Å². The summed E-state index contributed by atoms with van der Waals surface area (Å²) >= 11 is 2.87. The van der Waals surface area contributed by atoms with Crippen molar-refractivity contribution in [2.45, 2.75) is 24.0 Å². The van der Waals surface area contributed by atoms with Crippen molar-refractivity contribution in [3.63, 3.8) is 0 Å². The van der Waals surface area contributed by atoms with Crippen LogP contribution in [0.15, 0.2) is 107 Å². The van der Waals surface area contributed by atoms with Crippen molar-refractivity contribution in [2.75, 3.05) is 10.6 Å². The first-order chi connectivity index (χ1) is 18.5. The highest BCUT2D eigenvalue weighted by atomic mass is 32.2. The van der Waals surface area contributed by atoms with Gasteiger partial charge in [-0.25, -0.2) is 4.98 Å². The predicted molar refractivity (Wildman–Crippen MR) is 154 cm³/mol. The van der Waals surface area contributed by atoms with Gasteiger partial charge in [-0.15, -0.1) is 23.1 Å². The number of hydrogen-bond donors (Lipinski definition) is 2. The van der Waals surface area contributed by atoms with Crippen LogP contribution in [0, 0.1) is 13.8 Å². The largest absolute Gasteiger partial charge is 0.459 e. The van der Waals surface area contributed by atoms with Crippen molar-refractivity contribution < 1.29 is 14.0 Å². The maximum absolute atomic E-state index is 13.6. The van der Waals surface area contributed by atoms with Gasteiger partial charge in [0.25, 0.3) is 5.91 Å². The van der Waals surface area contributed by atoms with E-state index in [-0.39, 0.29) is 17.6 Å². The van der Waals surface area contributed by atoms with Crippen LogP contribution in [0.5, 0.6) is 0 Å². The van der Waals surface area contributed by atoms with E-state index in [4.69, 9.17) is 9.40 Å². The van der Waals surface area contributed by atoms with Crippen molar-refractivity contribution in [1.82, 2.24) is 4.98 Å². The van der Waals surface area contributed by atoms with Crippen molar-refractivity contribution in [1.29, 1.82) is 0 Å². The van der Waals surface area contributed by atoms with Crippen LogP contribution in [0.2, 0.25) is 0 Å². The number of nitrogens with zero attached hydrogens (tertiary/aromatic N) is 1. The van der Waals surface area contributed by atoms with Gasteiger partial charge in [0.05, 0.1) is 12.0 Å². The van der Waals surface area contributed by atoms with Gasteiger partial charge in [0.15, 0.2) is 10.9 Å². The standard InChI is InChI=1S/C30H25N3O3S2/c1-19-13-15-21(16-14-19)26-20(2)37-30(32-26)33-29(35)27(22-8-4-3-5-9-22)38-24-11-6-10-23(18-24)31-28(34)25-12-7-17-36-25/h3-18,27H,1-2H3,(H,31,34)(H,32,33,35). The Hall–Kier alpha value is -4.14. The number of carbonyl (C=O) groups is 2. The molecular weight excluding hydrogens is 514 g/mol. The molecule has 8 heteroatoms. The number of amides is 2. The molecule has 5 aromatic rings. The molecule has 0 aliphatic heterocycles. The highest BCUT2D eigenvalue weighted by Crippen LogP contribution is 2.38. The van der Waals surface area contributed by atoms with E-state index in [0.717, 1.165) is 26.6 Å². The van der Waals surface area contributed by atoms with Gasteiger partial charge in [-0.3, -0.25) is 9.59 Å². The highest BCUT2D eigenvalue weighted by Gasteiger charge is 2.24. The first-order valence-electron chi connectivity index (χ1n) is 12.0. The molecule has 0 aliphatic carbocycles. The summed E-state index contributed by atoms with van der Waals surface area (Å²) in [7, 11) is 0. The zero-order valence-electron chi connectivity index (χ0n) is 20.8. The van der Waals surface area contributed by atoms with Gasteiger partial charge in [0.2, 0.25) is 5.91 Å². The first-order valence-corrected chi connectivity index (χ1v) is 13.7. The number of furan rings is 1.